The Balaban J connectivity index is 2.00. The topological polar surface area (TPSA) is 111 Å². The van der Waals surface area contributed by atoms with Crippen molar-refractivity contribution in [2.24, 2.45) is 0 Å². The third kappa shape index (κ3) is 5.30. The summed E-state index contributed by atoms with van der Waals surface area (Å²) in [7, 11) is 1.20. The van der Waals surface area contributed by atoms with Gasteiger partial charge in [0, 0.05) is 25.2 Å². The van der Waals surface area contributed by atoms with Crippen molar-refractivity contribution in [2.45, 2.75) is 45.3 Å². The van der Waals surface area contributed by atoms with Crippen molar-refractivity contribution in [3.63, 3.8) is 0 Å². The van der Waals surface area contributed by atoms with Gasteiger partial charge in [-0.2, -0.15) is 0 Å². The number of nitro benzene ring substituents is 1. The van der Waals surface area contributed by atoms with Gasteiger partial charge in [0.2, 0.25) is 0 Å². The zero-order valence-electron chi connectivity index (χ0n) is 16.3. The summed E-state index contributed by atoms with van der Waals surface area (Å²) in [6, 6.07) is 1.42. The molecule has 1 N–H and O–H groups in total. The number of nitrogens with one attached hydrogen (secondary N) is 1. The second-order valence-electron chi connectivity index (χ2n) is 7.48. The standard InChI is InChI=1S/C18H24FN3O6/c1-18(2,3)28-17(24)21-7-5-11(6-8-21)20-16(23)12-9-15(27-4)14(22(25)26)10-13(12)19/h9-11H,5-8H2,1-4H3,(H,20,23). The van der Waals surface area contributed by atoms with Gasteiger partial charge in [0.15, 0.2) is 5.75 Å². The summed E-state index contributed by atoms with van der Waals surface area (Å²) >= 11 is 0. The van der Waals surface area contributed by atoms with E-state index in [1.807, 2.05) is 0 Å². The molecule has 28 heavy (non-hydrogen) atoms. The minimum Gasteiger partial charge on any atom is -0.490 e. The van der Waals surface area contributed by atoms with Crippen LogP contribution in [0.4, 0.5) is 14.9 Å². The third-order valence-electron chi connectivity index (χ3n) is 4.19. The number of likely N-dealkylation sites (tertiary alicyclic amines) is 1. The lowest BCUT2D eigenvalue weighted by Gasteiger charge is -2.33. The molecule has 0 atom stereocenters. The molecule has 0 spiro atoms. The first-order valence-corrected chi connectivity index (χ1v) is 8.82. The highest BCUT2D eigenvalue weighted by molar-refractivity contribution is 5.95. The molecule has 154 valence electrons. The Labute approximate surface area is 161 Å². The van der Waals surface area contributed by atoms with Gasteiger partial charge in [-0.15, -0.1) is 0 Å². The molecule has 0 saturated carbocycles. The van der Waals surface area contributed by atoms with Crippen LogP contribution in [0.3, 0.4) is 0 Å². The molecule has 1 aromatic carbocycles. The van der Waals surface area contributed by atoms with E-state index in [-0.39, 0.29) is 17.4 Å². The van der Waals surface area contributed by atoms with E-state index in [9.17, 15) is 24.1 Å². The Morgan fingerprint density at radius 2 is 1.89 bits per heavy atom. The van der Waals surface area contributed by atoms with Crippen molar-refractivity contribution in [2.75, 3.05) is 20.2 Å². The van der Waals surface area contributed by atoms with Crippen LogP contribution in [0, 0.1) is 15.9 Å². The number of methoxy groups -OCH3 is 1. The minimum atomic E-state index is -1.00. The highest BCUT2D eigenvalue weighted by atomic mass is 19.1. The van der Waals surface area contributed by atoms with E-state index in [0.29, 0.717) is 32.0 Å². The molecule has 9 nitrogen and oxygen atoms in total. The number of carbonyl (C=O) groups is 2. The first-order valence-electron chi connectivity index (χ1n) is 8.82. The number of halogens is 1. The number of rotatable bonds is 4. The summed E-state index contributed by atoms with van der Waals surface area (Å²) in [5.74, 6) is -1.89. The summed E-state index contributed by atoms with van der Waals surface area (Å²) in [6.45, 7) is 6.14. The van der Waals surface area contributed by atoms with Crippen molar-refractivity contribution in [3.05, 3.63) is 33.6 Å². The highest BCUT2D eigenvalue weighted by Gasteiger charge is 2.29. The second-order valence-corrected chi connectivity index (χ2v) is 7.48. The Hall–Kier alpha value is -2.91. The molecule has 2 rings (SSSR count). The highest BCUT2D eigenvalue weighted by Crippen LogP contribution is 2.30. The van der Waals surface area contributed by atoms with Crippen LogP contribution in [0.1, 0.15) is 44.0 Å². The molecule has 10 heteroatoms. The summed E-state index contributed by atoms with van der Waals surface area (Å²) in [4.78, 5) is 36.2. The van der Waals surface area contributed by atoms with Crippen molar-refractivity contribution in [1.29, 1.82) is 0 Å². The number of hydrogen-bond donors (Lipinski definition) is 1. The van der Waals surface area contributed by atoms with Gasteiger partial charge in [-0.25, -0.2) is 9.18 Å². The largest absolute Gasteiger partial charge is 0.490 e. The van der Waals surface area contributed by atoms with Gasteiger partial charge in [0.25, 0.3) is 5.91 Å². The summed E-state index contributed by atoms with van der Waals surface area (Å²) in [6.07, 6.45) is 0.552. The fourth-order valence-electron chi connectivity index (χ4n) is 2.82. The lowest BCUT2D eigenvalue weighted by Crippen LogP contribution is -2.47. The third-order valence-corrected chi connectivity index (χ3v) is 4.19. The van der Waals surface area contributed by atoms with Gasteiger partial charge >= 0.3 is 11.8 Å². The molecule has 1 saturated heterocycles. The van der Waals surface area contributed by atoms with Gasteiger partial charge in [0.05, 0.1) is 23.7 Å². The van der Waals surface area contributed by atoms with Gasteiger partial charge < -0.3 is 19.7 Å². The first kappa shape index (κ1) is 21.4. The number of nitrogens with zero attached hydrogens (tertiary/aromatic N) is 2. The zero-order chi connectivity index (χ0) is 21.1. The number of amides is 2. The SMILES string of the molecule is COc1cc(C(=O)NC2CCN(C(=O)OC(C)(C)C)CC2)c(F)cc1[N+](=O)[O-]. The lowest BCUT2D eigenvalue weighted by atomic mass is 10.0. The fourth-order valence-corrected chi connectivity index (χ4v) is 2.82. The second kappa shape index (κ2) is 8.41. The Bertz CT molecular complexity index is 769. The van der Waals surface area contributed by atoms with E-state index < -0.39 is 34.0 Å². The van der Waals surface area contributed by atoms with Crippen LogP contribution in [0.25, 0.3) is 0 Å². The predicted molar refractivity (Wildman–Crippen MR) is 97.9 cm³/mol. The Morgan fingerprint density at radius 1 is 1.29 bits per heavy atom. The monoisotopic (exact) mass is 397 g/mol. The molecule has 1 aliphatic rings. The van der Waals surface area contributed by atoms with E-state index in [1.165, 1.54) is 7.11 Å². The maximum absolute atomic E-state index is 14.2. The van der Waals surface area contributed by atoms with Crippen molar-refractivity contribution in [3.8, 4) is 5.75 Å². The fraction of sp³-hybridized carbons (Fsp3) is 0.556. The smallest absolute Gasteiger partial charge is 0.410 e. The van der Waals surface area contributed by atoms with Crippen LogP contribution >= 0.6 is 0 Å². The molecular weight excluding hydrogens is 373 g/mol. The number of nitro groups is 1. The number of hydrogen-bond acceptors (Lipinski definition) is 6. The average Bonchev–Trinajstić information content (AvgIpc) is 2.60. The molecule has 0 aromatic heterocycles. The Morgan fingerprint density at radius 3 is 2.39 bits per heavy atom. The van der Waals surface area contributed by atoms with Crippen LogP contribution in [-0.4, -0.2) is 53.7 Å². The van der Waals surface area contributed by atoms with E-state index in [2.05, 4.69) is 5.32 Å². The van der Waals surface area contributed by atoms with Crippen molar-refractivity contribution < 1.29 is 28.4 Å². The molecule has 0 radical (unpaired) electrons. The van der Waals surface area contributed by atoms with Crippen LogP contribution in [-0.2, 0) is 4.74 Å². The van der Waals surface area contributed by atoms with Crippen LogP contribution in [0.15, 0.2) is 12.1 Å². The van der Waals surface area contributed by atoms with Gasteiger partial charge in [-0.1, -0.05) is 0 Å². The molecule has 1 heterocycles. The van der Waals surface area contributed by atoms with Gasteiger partial charge in [-0.3, -0.25) is 14.9 Å². The molecule has 0 bridgehead atoms. The average molecular weight is 397 g/mol. The first-order chi connectivity index (χ1) is 13.0. The normalized spacial score (nSPS) is 15.1. The van der Waals surface area contributed by atoms with E-state index in [1.54, 1.807) is 25.7 Å². The van der Waals surface area contributed by atoms with E-state index >= 15 is 0 Å². The molecular formula is C18H24FN3O6. The van der Waals surface area contributed by atoms with Crippen LogP contribution < -0.4 is 10.1 Å². The van der Waals surface area contributed by atoms with E-state index in [0.717, 1.165) is 6.07 Å². The number of piperidine rings is 1. The van der Waals surface area contributed by atoms with E-state index in [4.69, 9.17) is 9.47 Å². The lowest BCUT2D eigenvalue weighted by molar-refractivity contribution is -0.385. The molecule has 2 amide bonds. The molecule has 1 aromatic rings. The maximum Gasteiger partial charge on any atom is 0.410 e. The number of carbonyl (C=O) groups excluding carboxylic acids is 2. The molecule has 0 aliphatic carbocycles. The number of ether oxygens (including phenoxy) is 2. The molecule has 1 fully saturated rings. The van der Waals surface area contributed by atoms with Gasteiger partial charge in [-0.05, 0) is 33.6 Å². The van der Waals surface area contributed by atoms with Crippen molar-refractivity contribution >= 4 is 17.7 Å². The van der Waals surface area contributed by atoms with Gasteiger partial charge in [0.1, 0.15) is 11.4 Å². The maximum atomic E-state index is 14.2. The molecule has 0 unspecified atom stereocenters. The predicted octanol–water partition coefficient (Wildman–Crippen LogP) is 2.87. The van der Waals surface area contributed by atoms with Crippen LogP contribution in [0.2, 0.25) is 0 Å². The molecule has 1 aliphatic heterocycles. The minimum absolute atomic E-state index is 0.198. The zero-order valence-corrected chi connectivity index (χ0v) is 16.3. The summed E-state index contributed by atoms with van der Waals surface area (Å²) in [5.41, 5.74) is -1.48. The van der Waals surface area contributed by atoms with Crippen LogP contribution in [0.5, 0.6) is 5.75 Å². The summed E-state index contributed by atoms with van der Waals surface area (Å²) < 4.78 is 24.4. The summed E-state index contributed by atoms with van der Waals surface area (Å²) in [5, 5.41) is 13.6. The van der Waals surface area contributed by atoms with Crippen molar-refractivity contribution in [1.82, 2.24) is 10.2 Å². The number of benzene rings is 1. The Kier molecular flexibility index (Phi) is 6.42. The quantitative estimate of drug-likeness (QED) is 0.618.